The van der Waals surface area contributed by atoms with Crippen molar-refractivity contribution in [2.24, 2.45) is 17.6 Å². The Bertz CT molecular complexity index is 1280. The molecule has 2 atom stereocenters. The van der Waals surface area contributed by atoms with Crippen LogP contribution in [-0.2, 0) is 32.3 Å². The molecule has 0 aliphatic heterocycles. The maximum absolute atomic E-state index is 12.6. The molecule has 4 rings (SSSR count). The molecule has 2 aromatic rings. The van der Waals surface area contributed by atoms with E-state index in [1.54, 1.807) is 15.3 Å². The van der Waals surface area contributed by atoms with Crippen LogP contribution in [0.1, 0.15) is 103 Å². The third-order valence-corrected chi connectivity index (χ3v) is 9.07. The topological polar surface area (TPSA) is 188 Å². The zero-order valence-electron chi connectivity index (χ0n) is 28.3. The summed E-state index contributed by atoms with van der Waals surface area (Å²) in [6.45, 7) is 2.89. The number of carbonyl (C=O) groups excluding carboxylic acids is 4. The molecular weight excluding hydrogens is 614 g/mol. The highest BCUT2D eigenvalue weighted by atomic mass is 16.2. The highest BCUT2D eigenvalue weighted by Gasteiger charge is 2.28. The SMILES string of the molecule is CCCCC[C@H](NC(=O)C1CCCC1)C(=O)Cn1ccc(=O)nc1.NCCCC[C@H](NC(=O)C1CCCC1)C(=O)Cn1ccc(=O)nc1. The van der Waals surface area contributed by atoms with E-state index < -0.39 is 12.1 Å². The van der Waals surface area contributed by atoms with Gasteiger partial charge < -0.3 is 25.5 Å². The fraction of sp³-hybridized carbons (Fsp3) is 0.657. The van der Waals surface area contributed by atoms with Crippen molar-refractivity contribution in [3.05, 3.63) is 57.9 Å². The lowest BCUT2D eigenvalue weighted by Crippen LogP contribution is -2.44. The molecule has 2 saturated carbocycles. The lowest BCUT2D eigenvalue weighted by Gasteiger charge is -2.20. The maximum Gasteiger partial charge on any atom is 0.272 e. The monoisotopic (exact) mass is 667 g/mol. The lowest BCUT2D eigenvalue weighted by molar-refractivity contribution is -0.130. The van der Waals surface area contributed by atoms with Crippen molar-refractivity contribution in [2.75, 3.05) is 6.54 Å². The number of amides is 2. The number of nitrogens with one attached hydrogen (secondary N) is 2. The molecule has 0 spiro atoms. The number of ketones is 2. The third-order valence-electron chi connectivity index (χ3n) is 9.07. The molecule has 2 heterocycles. The lowest BCUT2D eigenvalue weighted by atomic mass is 10.0. The van der Waals surface area contributed by atoms with Crippen molar-refractivity contribution >= 4 is 23.4 Å². The van der Waals surface area contributed by atoms with E-state index in [1.165, 1.54) is 31.0 Å². The molecular formula is C35H53N7O6. The molecule has 0 unspecified atom stereocenters. The predicted octanol–water partition coefficient (Wildman–Crippen LogP) is 2.68. The minimum Gasteiger partial charge on any atom is -0.346 e. The quantitative estimate of drug-likeness (QED) is 0.201. The molecule has 48 heavy (non-hydrogen) atoms. The zero-order chi connectivity index (χ0) is 34.7. The van der Waals surface area contributed by atoms with Crippen LogP contribution < -0.4 is 27.5 Å². The van der Waals surface area contributed by atoms with Gasteiger partial charge in [0, 0.05) is 36.4 Å². The van der Waals surface area contributed by atoms with Gasteiger partial charge in [0.15, 0.2) is 11.6 Å². The van der Waals surface area contributed by atoms with Crippen LogP contribution in [0.3, 0.4) is 0 Å². The van der Waals surface area contributed by atoms with Gasteiger partial charge in [-0.1, -0.05) is 51.9 Å². The number of carbonyl (C=O) groups is 4. The first kappa shape index (κ1) is 38.4. The number of nitrogens with zero attached hydrogens (tertiary/aromatic N) is 4. The fourth-order valence-electron chi connectivity index (χ4n) is 6.19. The number of hydrogen-bond donors (Lipinski definition) is 3. The minimum atomic E-state index is -0.510. The maximum atomic E-state index is 12.6. The molecule has 2 amide bonds. The number of Topliss-reactive ketones (excluding diaryl/α,β-unsaturated/α-hetero) is 2. The molecule has 0 aromatic carbocycles. The van der Waals surface area contributed by atoms with Gasteiger partial charge >= 0.3 is 0 Å². The Morgan fingerprint density at radius 2 is 1.15 bits per heavy atom. The largest absolute Gasteiger partial charge is 0.346 e. The van der Waals surface area contributed by atoms with E-state index in [0.29, 0.717) is 19.4 Å². The van der Waals surface area contributed by atoms with E-state index in [4.69, 9.17) is 5.73 Å². The Balaban J connectivity index is 0.000000260. The van der Waals surface area contributed by atoms with E-state index >= 15 is 0 Å². The molecule has 2 fully saturated rings. The Kier molecular flexibility index (Phi) is 16.9. The summed E-state index contributed by atoms with van der Waals surface area (Å²) < 4.78 is 3.14. The van der Waals surface area contributed by atoms with Gasteiger partial charge in [-0.2, -0.15) is 9.97 Å². The van der Waals surface area contributed by atoms with Crippen LogP contribution in [0.4, 0.5) is 0 Å². The van der Waals surface area contributed by atoms with Gasteiger partial charge in [0.05, 0.1) is 37.8 Å². The van der Waals surface area contributed by atoms with Gasteiger partial charge in [0.1, 0.15) is 0 Å². The van der Waals surface area contributed by atoms with Gasteiger partial charge in [0.2, 0.25) is 11.8 Å². The summed E-state index contributed by atoms with van der Waals surface area (Å²) in [7, 11) is 0. The van der Waals surface area contributed by atoms with Crippen LogP contribution in [0.25, 0.3) is 0 Å². The van der Waals surface area contributed by atoms with Gasteiger partial charge in [-0.05, 0) is 57.9 Å². The number of unbranched alkanes of at least 4 members (excludes halogenated alkanes) is 3. The van der Waals surface area contributed by atoms with Crippen molar-refractivity contribution in [2.45, 2.75) is 128 Å². The summed E-state index contributed by atoms with van der Waals surface area (Å²) in [5.74, 6) is -0.0341. The van der Waals surface area contributed by atoms with Gasteiger partial charge in [-0.3, -0.25) is 28.8 Å². The van der Waals surface area contributed by atoms with Crippen LogP contribution in [0, 0.1) is 11.8 Å². The molecule has 13 heteroatoms. The molecule has 4 N–H and O–H groups in total. The number of nitrogens with two attached hydrogens (primary N) is 1. The Hall–Kier alpha value is -4.00. The second-order valence-corrected chi connectivity index (χ2v) is 12.9. The average Bonchev–Trinajstić information content (AvgIpc) is 3.82. The van der Waals surface area contributed by atoms with Gasteiger partial charge in [0.25, 0.3) is 11.1 Å². The summed E-state index contributed by atoms with van der Waals surface area (Å²) >= 11 is 0. The summed E-state index contributed by atoms with van der Waals surface area (Å²) in [5, 5.41) is 5.89. The Labute approximate surface area is 282 Å². The third kappa shape index (κ3) is 13.6. The van der Waals surface area contributed by atoms with Crippen LogP contribution >= 0.6 is 0 Å². The second kappa shape index (κ2) is 21.1. The van der Waals surface area contributed by atoms with Crippen molar-refractivity contribution in [1.82, 2.24) is 29.7 Å². The molecule has 264 valence electrons. The normalized spacial score (nSPS) is 16.0. The first-order chi connectivity index (χ1) is 23.2. The average molecular weight is 668 g/mol. The van der Waals surface area contributed by atoms with Crippen molar-refractivity contribution in [3.63, 3.8) is 0 Å². The van der Waals surface area contributed by atoms with Crippen LogP contribution in [-0.4, -0.2) is 61.1 Å². The van der Waals surface area contributed by atoms with E-state index in [2.05, 4.69) is 27.5 Å². The standard InChI is InChI=1S/C18H27N3O3.C17H26N4O3/c1-2-3-4-9-15(20-18(24)14-7-5-6-8-14)16(22)12-21-11-10-17(23)19-13-21;18-9-4-3-7-14(20-17(24)13-5-1-2-6-13)15(22)11-21-10-8-16(23)19-12-21/h10-11,13-15H,2-9,12H2,1H3,(H,20,24);8,10,12-14H,1-7,9,11,18H2,(H,20,24)/t15-;14-/m00/s1. The molecule has 0 saturated heterocycles. The first-order valence-electron chi connectivity index (χ1n) is 17.6. The second-order valence-electron chi connectivity index (χ2n) is 12.9. The van der Waals surface area contributed by atoms with Crippen molar-refractivity contribution in [1.29, 1.82) is 0 Å². The summed E-state index contributed by atoms with van der Waals surface area (Å²) in [5.41, 5.74) is 4.85. The molecule has 0 bridgehead atoms. The summed E-state index contributed by atoms with van der Waals surface area (Å²) in [6.07, 6.45) is 19.7. The smallest absolute Gasteiger partial charge is 0.272 e. The molecule has 2 aliphatic rings. The van der Waals surface area contributed by atoms with Crippen LogP contribution in [0.15, 0.2) is 46.8 Å². The molecule has 2 aliphatic carbocycles. The van der Waals surface area contributed by atoms with Gasteiger partial charge in [-0.25, -0.2) is 0 Å². The van der Waals surface area contributed by atoms with E-state index in [0.717, 1.165) is 83.5 Å². The van der Waals surface area contributed by atoms with Crippen molar-refractivity contribution < 1.29 is 19.2 Å². The van der Waals surface area contributed by atoms with Gasteiger partial charge in [-0.15, -0.1) is 0 Å². The van der Waals surface area contributed by atoms with Crippen molar-refractivity contribution in [3.8, 4) is 0 Å². The highest BCUT2D eigenvalue weighted by molar-refractivity contribution is 5.90. The minimum absolute atomic E-state index is 0.0142. The molecule has 2 aromatic heterocycles. The number of hydrogen-bond acceptors (Lipinski definition) is 9. The molecule has 0 radical (unpaired) electrons. The fourth-order valence-corrected chi connectivity index (χ4v) is 6.19. The highest BCUT2D eigenvalue weighted by Crippen LogP contribution is 2.26. The van der Waals surface area contributed by atoms with E-state index in [9.17, 15) is 28.8 Å². The predicted molar refractivity (Wildman–Crippen MR) is 182 cm³/mol. The van der Waals surface area contributed by atoms with E-state index in [1.807, 2.05) is 0 Å². The Morgan fingerprint density at radius 3 is 1.50 bits per heavy atom. The van der Waals surface area contributed by atoms with E-state index in [-0.39, 0.29) is 59.4 Å². The Morgan fingerprint density at radius 1 is 0.729 bits per heavy atom. The van der Waals surface area contributed by atoms with Crippen LogP contribution in [0.5, 0.6) is 0 Å². The number of aromatic nitrogens is 4. The first-order valence-corrected chi connectivity index (χ1v) is 17.6. The summed E-state index contributed by atoms with van der Waals surface area (Å²) in [4.78, 5) is 79.3. The molecule has 13 nitrogen and oxygen atoms in total. The zero-order valence-corrected chi connectivity index (χ0v) is 28.3. The number of rotatable bonds is 18. The van der Waals surface area contributed by atoms with Crippen LogP contribution in [0.2, 0.25) is 0 Å². The summed E-state index contributed by atoms with van der Waals surface area (Å²) in [6, 6.07) is 1.68.